The van der Waals surface area contributed by atoms with E-state index in [4.69, 9.17) is 5.73 Å². The Hall–Kier alpha value is -2.50. The molecule has 0 aliphatic rings. The van der Waals surface area contributed by atoms with Gasteiger partial charge in [-0.3, -0.25) is 5.10 Å². The Morgan fingerprint density at radius 3 is 2.65 bits per heavy atom. The fourth-order valence-electron chi connectivity index (χ4n) is 1.53. The van der Waals surface area contributed by atoms with Gasteiger partial charge in [0.2, 0.25) is 0 Å². The molecular formula is C11H11N3O3. The summed E-state index contributed by atoms with van der Waals surface area (Å²) in [7, 11) is 1.28. The van der Waals surface area contributed by atoms with Crippen LogP contribution in [0.3, 0.4) is 0 Å². The summed E-state index contributed by atoms with van der Waals surface area (Å²) < 4.78 is 4.62. The lowest BCUT2D eigenvalue weighted by atomic mass is 10.1. The van der Waals surface area contributed by atoms with E-state index >= 15 is 0 Å². The van der Waals surface area contributed by atoms with E-state index in [2.05, 4.69) is 14.9 Å². The minimum Gasteiger partial charge on any atom is -0.508 e. The maximum atomic E-state index is 11.5. The Morgan fingerprint density at radius 1 is 1.41 bits per heavy atom. The molecule has 88 valence electrons. The van der Waals surface area contributed by atoms with Gasteiger partial charge < -0.3 is 15.6 Å². The molecule has 0 bridgehead atoms. The number of carbonyl (C=O) groups is 1. The number of ether oxygens (including phenoxy) is 1. The molecule has 0 fully saturated rings. The standard InChI is InChI=1S/C11H11N3O3/c1-17-11(16)9-8(10(12)14-13-9)6-2-4-7(15)5-3-6/h2-5,15H,1H3,(H3,12,13,14). The van der Waals surface area contributed by atoms with Crippen LogP contribution in [0.25, 0.3) is 11.1 Å². The van der Waals surface area contributed by atoms with Gasteiger partial charge in [-0.1, -0.05) is 12.1 Å². The highest BCUT2D eigenvalue weighted by Crippen LogP contribution is 2.29. The van der Waals surface area contributed by atoms with Gasteiger partial charge in [0, 0.05) is 0 Å². The van der Waals surface area contributed by atoms with Crippen molar-refractivity contribution in [2.24, 2.45) is 0 Å². The number of benzene rings is 1. The van der Waals surface area contributed by atoms with Crippen molar-refractivity contribution >= 4 is 11.8 Å². The molecule has 2 rings (SSSR count). The highest BCUT2D eigenvalue weighted by atomic mass is 16.5. The van der Waals surface area contributed by atoms with Gasteiger partial charge in [0.25, 0.3) is 0 Å². The van der Waals surface area contributed by atoms with Gasteiger partial charge in [-0.25, -0.2) is 4.79 Å². The van der Waals surface area contributed by atoms with Gasteiger partial charge >= 0.3 is 5.97 Å². The first kappa shape index (κ1) is 11.0. The van der Waals surface area contributed by atoms with E-state index in [0.29, 0.717) is 11.1 Å². The van der Waals surface area contributed by atoms with Crippen LogP contribution in [0.1, 0.15) is 10.5 Å². The lowest BCUT2D eigenvalue weighted by Crippen LogP contribution is -2.03. The fraction of sp³-hybridized carbons (Fsp3) is 0.0909. The highest BCUT2D eigenvalue weighted by Gasteiger charge is 2.19. The smallest absolute Gasteiger partial charge is 0.356 e. The third-order valence-electron chi connectivity index (χ3n) is 2.34. The summed E-state index contributed by atoms with van der Waals surface area (Å²) >= 11 is 0. The number of anilines is 1. The molecule has 0 saturated carbocycles. The number of carbonyl (C=O) groups excluding carboxylic acids is 1. The van der Waals surface area contributed by atoms with Gasteiger partial charge in [-0.05, 0) is 17.7 Å². The quantitative estimate of drug-likeness (QED) is 0.675. The molecule has 0 spiro atoms. The monoisotopic (exact) mass is 233 g/mol. The minimum absolute atomic E-state index is 0.135. The number of nitrogens with zero attached hydrogens (tertiary/aromatic N) is 1. The van der Waals surface area contributed by atoms with Crippen LogP contribution in [0.4, 0.5) is 5.82 Å². The van der Waals surface area contributed by atoms with Crippen molar-refractivity contribution in [1.82, 2.24) is 10.2 Å². The lowest BCUT2D eigenvalue weighted by Gasteiger charge is -2.03. The highest BCUT2D eigenvalue weighted by molar-refractivity contribution is 5.98. The van der Waals surface area contributed by atoms with Crippen molar-refractivity contribution in [3.05, 3.63) is 30.0 Å². The van der Waals surface area contributed by atoms with Crippen molar-refractivity contribution in [2.45, 2.75) is 0 Å². The van der Waals surface area contributed by atoms with Crippen LogP contribution in [-0.2, 0) is 4.74 Å². The summed E-state index contributed by atoms with van der Waals surface area (Å²) in [6.07, 6.45) is 0. The second-order valence-electron chi connectivity index (χ2n) is 3.40. The number of nitrogen functional groups attached to an aromatic ring is 1. The molecule has 17 heavy (non-hydrogen) atoms. The largest absolute Gasteiger partial charge is 0.508 e. The van der Waals surface area contributed by atoms with Gasteiger partial charge in [0.05, 0.1) is 12.7 Å². The molecule has 0 aliphatic heterocycles. The van der Waals surface area contributed by atoms with Crippen molar-refractivity contribution in [3.63, 3.8) is 0 Å². The second-order valence-corrected chi connectivity index (χ2v) is 3.40. The Kier molecular flexibility index (Phi) is 2.70. The van der Waals surface area contributed by atoms with E-state index < -0.39 is 5.97 Å². The number of aromatic hydroxyl groups is 1. The second kappa shape index (κ2) is 4.17. The van der Waals surface area contributed by atoms with Crippen LogP contribution in [-0.4, -0.2) is 28.4 Å². The Labute approximate surface area is 97.0 Å². The van der Waals surface area contributed by atoms with Crippen LogP contribution < -0.4 is 5.73 Å². The van der Waals surface area contributed by atoms with Crippen LogP contribution in [0.2, 0.25) is 0 Å². The van der Waals surface area contributed by atoms with Crippen molar-refractivity contribution in [1.29, 1.82) is 0 Å². The van der Waals surface area contributed by atoms with E-state index in [1.165, 1.54) is 19.2 Å². The number of methoxy groups -OCH3 is 1. The molecule has 0 aliphatic carbocycles. The number of hydrogen-bond acceptors (Lipinski definition) is 5. The van der Waals surface area contributed by atoms with E-state index in [9.17, 15) is 9.90 Å². The summed E-state index contributed by atoms with van der Waals surface area (Å²) in [5.41, 5.74) is 7.03. The van der Waals surface area contributed by atoms with Gasteiger partial charge in [-0.2, -0.15) is 5.10 Å². The molecule has 1 aromatic carbocycles. The first-order valence-corrected chi connectivity index (χ1v) is 4.85. The molecule has 6 nitrogen and oxygen atoms in total. The summed E-state index contributed by atoms with van der Waals surface area (Å²) in [4.78, 5) is 11.5. The summed E-state index contributed by atoms with van der Waals surface area (Å²) in [5, 5.41) is 15.5. The van der Waals surface area contributed by atoms with Gasteiger partial charge in [0.15, 0.2) is 11.5 Å². The Bertz CT molecular complexity index is 546. The van der Waals surface area contributed by atoms with Crippen LogP contribution in [0.5, 0.6) is 5.75 Å². The zero-order valence-electron chi connectivity index (χ0n) is 9.10. The normalized spacial score (nSPS) is 10.2. The SMILES string of the molecule is COC(=O)c1[nH]nc(N)c1-c1ccc(O)cc1. The average molecular weight is 233 g/mol. The lowest BCUT2D eigenvalue weighted by molar-refractivity contribution is 0.0595. The Morgan fingerprint density at radius 2 is 2.06 bits per heavy atom. The van der Waals surface area contributed by atoms with Gasteiger partial charge in [0.1, 0.15) is 5.75 Å². The fourth-order valence-corrected chi connectivity index (χ4v) is 1.53. The van der Waals surface area contributed by atoms with Crippen LogP contribution in [0.15, 0.2) is 24.3 Å². The summed E-state index contributed by atoms with van der Waals surface area (Å²) in [6.45, 7) is 0. The summed E-state index contributed by atoms with van der Waals surface area (Å²) in [5.74, 6) is -0.205. The number of rotatable bonds is 2. The Balaban J connectivity index is 2.54. The maximum Gasteiger partial charge on any atom is 0.356 e. The van der Waals surface area contributed by atoms with E-state index in [1.54, 1.807) is 12.1 Å². The number of aromatic amines is 1. The first-order chi connectivity index (χ1) is 8.13. The summed E-state index contributed by atoms with van der Waals surface area (Å²) in [6, 6.07) is 6.29. The van der Waals surface area contributed by atoms with E-state index in [1.807, 2.05) is 0 Å². The number of aromatic nitrogens is 2. The number of H-pyrrole nitrogens is 1. The molecule has 0 radical (unpaired) electrons. The van der Waals surface area contributed by atoms with Crippen LogP contribution >= 0.6 is 0 Å². The zero-order valence-corrected chi connectivity index (χ0v) is 9.10. The number of phenolic OH excluding ortho intramolecular Hbond substituents is 1. The number of esters is 1. The molecule has 0 amide bonds. The number of nitrogens with one attached hydrogen (secondary N) is 1. The first-order valence-electron chi connectivity index (χ1n) is 4.85. The topological polar surface area (TPSA) is 101 Å². The van der Waals surface area contributed by atoms with Crippen LogP contribution in [0, 0.1) is 0 Å². The molecule has 2 aromatic rings. The molecule has 1 aromatic heterocycles. The average Bonchev–Trinajstić information content (AvgIpc) is 2.71. The molecule has 6 heteroatoms. The zero-order chi connectivity index (χ0) is 12.4. The molecular weight excluding hydrogens is 222 g/mol. The van der Waals surface area contributed by atoms with Crippen molar-refractivity contribution < 1.29 is 14.6 Å². The molecule has 4 N–H and O–H groups in total. The number of phenols is 1. The molecule has 1 heterocycles. The van der Waals surface area contributed by atoms with E-state index in [0.717, 1.165) is 0 Å². The number of nitrogens with two attached hydrogens (primary N) is 1. The molecule has 0 saturated heterocycles. The minimum atomic E-state index is -0.544. The van der Waals surface area contributed by atoms with E-state index in [-0.39, 0.29) is 17.3 Å². The third kappa shape index (κ3) is 1.92. The third-order valence-corrected chi connectivity index (χ3v) is 2.34. The number of hydrogen-bond donors (Lipinski definition) is 3. The predicted molar refractivity (Wildman–Crippen MR) is 61.4 cm³/mol. The maximum absolute atomic E-state index is 11.5. The van der Waals surface area contributed by atoms with Crippen molar-refractivity contribution in [3.8, 4) is 16.9 Å². The molecule has 0 atom stereocenters. The molecule has 0 unspecified atom stereocenters. The van der Waals surface area contributed by atoms with Crippen molar-refractivity contribution in [2.75, 3.05) is 12.8 Å². The predicted octanol–water partition coefficient (Wildman–Crippen LogP) is 1.15. The van der Waals surface area contributed by atoms with Gasteiger partial charge in [-0.15, -0.1) is 0 Å².